The standard InChI is InChI=1S/C19H19IN4O4/c1-11(25)23-19(27)18(26)24(15-8-6-14(20)7-9-15)16(10-28-19)12-2-4-13(5-3-12)17(21)22/h2-9,16,27H,10H2,1H3,(H3,21,22)(H,23,25)/t16-,19+/m0/s1. The summed E-state index contributed by atoms with van der Waals surface area (Å²) in [5.74, 6) is -3.89. The van der Waals surface area contributed by atoms with Crippen LogP contribution in [0.25, 0.3) is 0 Å². The minimum atomic E-state index is -2.44. The molecule has 0 radical (unpaired) electrons. The summed E-state index contributed by atoms with van der Waals surface area (Å²) < 4.78 is 6.36. The zero-order chi connectivity index (χ0) is 20.5. The minimum absolute atomic E-state index is 0.0477. The van der Waals surface area contributed by atoms with E-state index in [1.54, 1.807) is 36.4 Å². The van der Waals surface area contributed by atoms with Crippen molar-refractivity contribution >= 4 is 45.9 Å². The molecule has 3 rings (SSSR count). The van der Waals surface area contributed by atoms with Gasteiger partial charge in [0.05, 0.1) is 12.6 Å². The van der Waals surface area contributed by atoms with Gasteiger partial charge in [0.1, 0.15) is 5.84 Å². The zero-order valence-corrected chi connectivity index (χ0v) is 17.1. The van der Waals surface area contributed by atoms with E-state index in [1.807, 2.05) is 12.1 Å². The molecule has 1 saturated heterocycles. The Labute approximate surface area is 175 Å². The fourth-order valence-corrected chi connectivity index (χ4v) is 3.36. The molecule has 1 aliphatic rings. The number of nitrogens with one attached hydrogen (secondary N) is 2. The molecule has 9 heteroatoms. The van der Waals surface area contributed by atoms with Crippen molar-refractivity contribution in [1.29, 1.82) is 5.41 Å². The summed E-state index contributed by atoms with van der Waals surface area (Å²) in [5, 5.41) is 20.3. The van der Waals surface area contributed by atoms with E-state index in [4.69, 9.17) is 15.9 Å². The molecular weight excluding hydrogens is 475 g/mol. The Hall–Kier alpha value is -2.50. The van der Waals surface area contributed by atoms with Crippen LogP contribution in [-0.4, -0.2) is 35.3 Å². The number of benzene rings is 2. The number of carbonyl (C=O) groups is 2. The molecule has 0 unspecified atom stereocenters. The van der Waals surface area contributed by atoms with Crippen LogP contribution >= 0.6 is 22.6 Å². The first-order chi connectivity index (χ1) is 13.2. The van der Waals surface area contributed by atoms with Gasteiger partial charge in [-0.3, -0.25) is 25.2 Å². The average Bonchev–Trinajstić information content (AvgIpc) is 2.64. The van der Waals surface area contributed by atoms with Crippen molar-refractivity contribution in [3.05, 3.63) is 63.2 Å². The number of halogens is 1. The molecule has 8 nitrogen and oxygen atoms in total. The van der Waals surface area contributed by atoms with Gasteiger partial charge in [-0.25, -0.2) is 0 Å². The van der Waals surface area contributed by atoms with Gasteiger partial charge >= 0.3 is 11.8 Å². The summed E-state index contributed by atoms with van der Waals surface area (Å²) in [7, 11) is 0. The third-order valence-corrected chi connectivity index (χ3v) is 5.05. The fourth-order valence-electron chi connectivity index (χ4n) is 3.00. The number of amides is 2. The minimum Gasteiger partial charge on any atom is -0.384 e. The first-order valence-electron chi connectivity index (χ1n) is 8.40. The summed E-state index contributed by atoms with van der Waals surface area (Å²) in [6, 6.07) is 13.5. The number of aliphatic hydroxyl groups is 1. The lowest BCUT2D eigenvalue weighted by Gasteiger charge is -2.43. The Morgan fingerprint density at radius 3 is 2.43 bits per heavy atom. The summed E-state index contributed by atoms with van der Waals surface area (Å²) in [5.41, 5.74) is 7.35. The Balaban J connectivity index is 2.03. The number of hydrogen-bond acceptors (Lipinski definition) is 5. The van der Waals surface area contributed by atoms with E-state index in [0.29, 0.717) is 11.3 Å². The van der Waals surface area contributed by atoms with E-state index in [1.165, 1.54) is 11.8 Å². The van der Waals surface area contributed by atoms with Gasteiger partial charge in [-0.1, -0.05) is 24.3 Å². The lowest BCUT2D eigenvalue weighted by atomic mass is 10.0. The molecule has 2 aromatic rings. The first kappa shape index (κ1) is 20.2. The van der Waals surface area contributed by atoms with Crippen molar-refractivity contribution in [2.75, 3.05) is 11.5 Å². The molecule has 0 spiro atoms. The van der Waals surface area contributed by atoms with Crippen LogP contribution in [0.2, 0.25) is 0 Å². The SMILES string of the molecule is CC(=O)N[C@]1(O)OC[C@@H](c2ccc(C(=N)N)cc2)N(c2ccc(I)cc2)C1=O. The average molecular weight is 494 g/mol. The van der Waals surface area contributed by atoms with Gasteiger partial charge in [-0.2, -0.15) is 0 Å². The van der Waals surface area contributed by atoms with Crippen LogP contribution in [0, 0.1) is 8.98 Å². The van der Waals surface area contributed by atoms with E-state index in [0.717, 1.165) is 9.13 Å². The van der Waals surface area contributed by atoms with Crippen molar-refractivity contribution < 1.29 is 19.4 Å². The van der Waals surface area contributed by atoms with Crippen LogP contribution in [0.15, 0.2) is 48.5 Å². The first-order valence-corrected chi connectivity index (χ1v) is 9.48. The summed E-state index contributed by atoms with van der Waals surface area (Å²) in [4.78, 5) is 26.0. The van der Waals surface area contributed by atoms with Gasteiger partial charge in [0, 0.05) is 21.7 Å². The maximum atomic E-state index is 13.1. The quantitative estimate of drug-likeness (QED) is 0.222. The van der Waals surface area contributed by atoms with Crippen LogP contribution in [0.1, 0.15) is 24.1 Å². The van der Waals surface area contributed by atoms with E-state index in [2.05, 4.69) is 27.9 Å². The molecule has 1 aliphatic heterocycles. The summed E-state index contributed by atoms with van der Waals surface area (Å²) in [6.07, 6.45) is 0. The number of amidine groups is 1. The molecule has 28 heavy (non-hydrogen) atoms. The van der Waals surface area contributed by atoms with Gasteiger partial charge in [0.25, 0.3) is 0 Å². The topological polar surface area (TPSA) is 129 Å². The lowest BCUT2D eigenvalue weighted by Crippen LogP contribution is -2.66. The molecule has 146 valence electrons. The highest BCUT2D eigenvalue weighted by atomic mass is 127. The number of carbonyl (C=O) groups excluding carboxylic acids is 2. The van der Waals surface area contributed by atoms with Crippen molar-refractivity contribution in [3.63, 3.8) is 0 Å². The molecule has 5 N–H and O–H groups in total. The van der Waals surface area contributed by atoms with E-state index >= 15 is 0 Å². The highest BCUT2D eigenvalue weighted by Gasteiger charge is 2.49. The predicted molar refractivity (Wildman–Crippen MR) is 112 cm³/mol. The Morgan fingerprint density at radius 1 is 1.29 bits per heavy atom. The summed E-state index contributed by atoms with van der Waals surface area (Å²) >= 11 is 2.16. The lowest BCUT2D eigenvalue weighted by molar-refractivity contribution is -0.230. The smallest absolute Gasteiger partial charge is 0.333 e. The fraction of sp³-hybridized carbons (Fsp3) is 0.211. The molecule has 0 aliphatic carbocycles. The highest BCUT2D eigenvalue weighted by molar-refractivity contribution is 14.1. The number of nitrogens with two attached hydrogens (primary N) is 1. The van der Waals surface area contributed by atoms with Crippen LogP contribution in [0.4, 0.5) is 5.69 Å². The van der Waals surface area contributed by atoms with Crippen molar-refractivity contribution in [2.24, 2.45) is 5.73 Å². The van der Waals surface area contributed by atoms with E-state index in [-0.39, 0.29) is 12.4 Å². The van der Waals surface area contributed by atoms with Gasteiger partial charge in [0.2, 0.25) is 5.91 Å². The Morgan fingerprint density at radius 2 is 1.89 bits per heavy atom. The molecular formula is C19H19IN4O4. The molecule has 2 amide bonds. The van der Waals surface area contributed by atoms with Gasteiger partial charge in [-0.05, 0) is 52.4 Å². The van der Waals surface area contributed by atoms with Crippen molar-refractivity contribution in [2.45, 2.75) is 18.9 Å². The third kappa shape index (κ3) is 4.01. The molecule has 2 aromatic carbocycles. The molecule has 1 heterocycles. The Bertz CT molecular complexity index is 917. The third-order valence-electron chi connectivity index (χ3n) is 4.33. The second-order valence-corrected chi connectivity index (χ2v) is 7.58. The number of anilines is 1. The highest BCUT2D eigenvalue weighted by Crippen LogP contribution is 2.34. The number of ether oxygens (including phenoxy) is 1. The zero-order valence-electron chi connectivity index (χ0n) is 15.0. The molecule has 1 fully saturated rings. The predicted octanol–water partition coefficient (Wildman–Crippen LogP) is 1.46. The Kier molecular flexibility index (Phi) is 5.68. The number of rotatable bonds is 4. The van der Waals surface area contributed by atoms with Crippen LogP contribution in [0.5, 0.6) is 0 Å². The summed E-state index contributed by atoms with van der Waals surface area (Å²) in [6.45, 7) is 1.14. The second kappa shape index (κ2) is 7.86. The maximum absolute atomic E-state index is 13.1. The molecule has 2 atom stereocenters. The van der Waals surface area contributed by atoms with Crippen LogP contribution in [0.3, 0.4) is 0 Å². The molecule has 0 aromatic heterocycles. The van der Waals surface area contributed by atoms with Crippen molar-refractivity contribution in [3.8, 4) is 0 Å². The largest absolute Gasteiger partial charge is 0.384 e. The number of nitrogen functional groups attached to an aromatic ring is 1. The number of morpholine rings is 1. The van der Waals surface area contributed by atoms with Crippen LogP contribution in [-0.2, 0) is 14.3 Å². The van der Waals surface area contributed by atoms with Gasteiger partial charge < -0.3 is 15.6 Å². The number of nitrogens with zero attached hydrogens (tertiary/aromatic N) is 1. The monoisotopic (exact) mass is 494 g/mol. The number of hydrogen-bond donors (Lipinski definition) is 4. The van der Waals surface area contributed by atoms with Crippen LogP contribution < -0.4 is 16.0 Å². The maximum Gasteiger partial charge on any atom is 0.333 e. The van der Waals surface area contributed by atoms with E-state index in [9.17, 15) is 14.7 Å². The molecule has 0 saturated carbocycles. The second-order valence-electron chi connectivity index (χ2n) is 6.34. The normalized spacial score (nSPS) is 22.0. The molecule has 0 bridgehead atoms. The van der Waals surface area contributed by atoms with Crippen molar-refractivity contribution in [1.82, 2.24) is 5.32 Å². The van der Waals surface area contributed by atoms with Gasteiger partial charge in [-0.15, -0.1) is 0 Å². The van der Waals surface area contributed by atoms with Gasteiger partial charge in [0.15, 0.2) is 0 Å². The van der Waals surface area contributed by atoms with E-state index < -0.39 is 23.8 Å².